The first-order chi connectivity index (χ1) is 15.0. The molecule has 0 aliphatic rings. The van der Waals surface area contributed by atoms with Crippen molar-refractivity contribution in [3.05, 3.63) is 81.0 Å². The third-order valence-corrected chi connectivity index (χ3v) is 6.47. The summed E-state index contributed by atoms with van der Waals surface area (Å²) in [6, 6.07) is 13.6. The van der Waals surface area contributed by atoms with Gasteiger partial charge in [-0.15, -0.1) is 10.2 Å². The molecule has 0 atom stereocenters. The van der Waals surface area contributed by atoms with E-state index in [1.165, 1.54) is 0 Å². The Labute approximate surface area is 182 Å². The van der Waals surface area contributed by atoms with Gasteiger partial charge in [0, 0.05) is 11.3 Å². The van der Waals surface area contributed by atoms with Gasteiger partial charge in [-0.25, -0.2) is 4.57 Å². The number of thioether (sulfide) groups is 1. The lowest BCUT2D eigenvalue weighted by Gasteiger charge is -2.13. The Balaban J connectivity index is 1.75. The Morgan fingerprint density at radius 1 is 1.03 bits per heavy atom. The second-order valence-electron chi connectivity index (χ2n) is 7.66. The molecule has 0 bridgehead atoms. The predicted molar refractivity (Wildman–Crippen MR) is 121 cm³/mol. The van der Waals surface area contributed by atoms with Crippen molar-refractivity contribution >= 4 is 28.4 Å². The van der Waals surface area contributed by atoms with Gasteiger partial charge in [0.2, 0.25) is 5.78 Å². The quantitative estimate of drug-likeness (QED) is 0.389. The number of hydrogen-bond donors (Lipinski definition) is 0. The molecule has 0 saturated heterocycles. The highest BCUT2D eigenvalue weighted by Crippen LogP contribution is 2.28. The van der Waals surface area contributed by atoms with Crippen molar-refractivity contribution in [1.82, 2.24) is 24.3 Å². The number of rotatable bonds is 4. The number of hydrogen-bond acceptors (Lipinski definition) is 6. The van der Waals surface area contributed by atoms with Gasteiger partial charge in [-0.1, -0.05) is 46.7 Å². The Morgan fingerprint density at radius 3 is 2.58 bits per heavy atom. The second kappa shape index (κ2) is 7.39. The molecule has 0 fully saturated rings. The van der Waals surface area contributed by atoms with E-state index in [0.29, 0.717) is 22.1 Å². The molecule has 8 heteroatoms. The molecule has 3 aromatic heterocycles. The van der Waals surface area contributed by atoms with Crippen LogP contribution in [0.15, 0.2) is 56.9 Å². The number of fused-ring (bicyclic) bond motifs is 3. The lowest BCUT2D eigenvalue weighted by molar-refractivity contribution is 0.392. The summed E-state index contributed by atoms with van der Waals surface area (Å²) in [6.07, 6.45) is 0. The summed E-state index contributed by atoms with van der Waals surface area (Å²) < 4.78 is 8.90. The molecule has 0 N–H and O–H groups in total. The summed E-state index contributed by atoms with van der Waals surface area (Å²) in [5.41, 5.74) is 5.56. The van der Waals surface area contributed by atoms with Gasteiger partial charge in [0.25, 0.3) is 5.56 Å². The lowest BCUT2D eigenvalue weighted by Crippen LogP contribution is -2.22. The standard InChI is InChI=1S/C23H21N5O2S/c1-13-9-10-19(14(2)11-13)27-21(29)17-7-5-6-8-20(17)28-22(27)24-25-23(28)31-12-18-15(3)26-30-16(18)4/h5-11H,12H2,1-4H3. The number of aromatic nitrogens is 5. The molecule has 156 valence electrons. The minimum atomic E-state index is -0.107. The number of benzene rings is 2. The highest BCUT2D eigenvalue weighted by Gasteiger charge is 2.20. The van der Waals surface area contributed by atoms with Gasteiger partial charge in [0.1, 0.15) is 5.76 Å². The van der Waals surface area contributed by atoms with Crippen LogP contribution in [0.5, 0.6) is 0 Å². The Kier molecular flexibility index (Phi) is 4.66. The van der Waals surface area contributed by atoms with Crippen LogP contribution >= 0.6 is 11.8 Å². The summed E-state index contributed by atoms with van der Waals surface area (Å²) in [5, 5.41) is 14.2. The highest BCUT2D eigenvalue weighted by atomic mass is 32.2. The first kappa shape index (κ1) is 19.6. The molecular weight excluding hydrogens is 410 g/mol. The van der Waals surface area contributed by atoms with Crippen molar-refractivity contribution in [1.29, 1.82) is 0 Å². The molecule has 0 aliphatic carbocycles. The topological polar surface area (TPSA) is 78.2 Å². The van der Waals surface area contributed by atoms with E-state index >= 15 is 0 Å². The van der Waals surface area contributed by atoms with E-state index in [9.17, 15) is 4.79 Å². The van der Waals surface area contributed by atoms with E-state index in [1.54, 1.807) is 16.3 Å². The third-order valence-electron chi connectivity index (χ3n) is 5.51. The molecule has 0 aliphatic heterocycles. The van der Waals surface area contributed by atoms with E-state index in [4.69, 9.17) is 4.52 Å². The van der Waals surface area contributed by atoms with Gasteiger partial charge in [-0.05, 0) is 51.5 Å². The Bertz CT molecular complexity index is 1490. The lowest BCUT2D eigenvalue weighted by atomic mass is 10.1. The van der Waals surface area contributed by atoms with Crippen LogP contribution in [-0.4, -0.2) is 24.3 Å². The fraction of sp³-hybridized carbons (Fsp3) is 0.217. The molecule has 0 spiro atoms. The first-order valence-corrected chi connectivity index (χ1v) is 11.0. The van der Waals surface area contributed by atoms with Gasteiger partial charge < -0.3 is 4.52 Å². The fourth-order valence-corrected chi connectivity index (χ4v) is 4.98. The van der Waals surface area contributed by atoms with E-state index in [0.717, 1.165) is 39.3 Å². The van der Waals surface area contributed by atoms with Crippen LogP contribution in [0, 0.1) is 27.7 Å². The van der Waals surface area contributed by atoms with Crippen LogP contribution in [0.25, 0.3) is 22.4 Å². The van der Waals surface area contributed by atoms with Crippen molar-refractivity contribution < 1.29 is 4.52 Å². The zero-order valence-corrected chi connectivity index (χ0v) is 18.5. The van der Waals surface area contributed by atoms with Gasteiger partial charge in [-0.3, -0.25) is 9.20 Å². The largest absolute Gasteiger partial charge is 0.361 e. The minimum absolute atomic E-state index is 0.107. The minimum Gasteiger partial charge on any atom is -0.361 e. The average molecular weight is 432 g/mol. The molecule has 0 amide bonds. The molecular formula is C23H21N5O2S. The van der Waals surface area contributed by atoms with Crippen molar-refractivity contribution in [2.24, 2.45) is 0 Å². The van der Waals surface area contributed by atoms with E-state index in [-0.39, 0.29) is 5.56 Å². The van der Waals surface area contributed by atoms with Crippen molar-refractivity contribution in [3.63, 3.8) is 0 Å². The van der Waals surface area contributed by atoms with Crippen LogP contribution in [0.1, 0.15) is 28.1 Å². The van der Waals surface area contributed by atoms with Crippen molar-refractivity contribution in [2.45, 2.75) is 38.6 Å². The Morgan fingerprint density at radius 2 is 1.84 bits per heavy atom. The van der Waals surface area contributed by atoms with E-state index in [1.807, 2.05) is 68.5 Å². The SMILES string of the molecule is Cc1ccc(-n2c(=O)c3ccccc3n3c(SCc4c(C)noc4C)nnc23)c(C)c1. The van der Waals surface area contributed by atoms with Gasteiger partial charge >= 0.3 is 0 Å². The summed E-state index contributed by atoms with van der Waals surface area (Å²) in [4.78, 5) is 13.5. The second-order valence-corrected chi connectivity index (χ2v) is 8.60. The monoisotopic (exact) mass is 431 g/mol. The number of aryl methyl sites for hydroxylation is 4. The van der Waals surface area contributed by atoms with Crippen LogP contribution < -0.4 is 5.56 Å². The molecule has 5 rings (SSSR count). The third kappa shape index (κ3) is 3.14. The molecule has 7 nitrogen and oxygen atoms in total. The zero-order chi connectivity index (χ0) is 21.7. The van der Waals surface area contributed by atoms with E-state index < -0.39 is 0 Å². The molecule has 31 heavy (non-hydrogen) atoms. The van der Waals surface area contributed by atoms with Crippen molar-refractivity contribution in [2.75, 3.05) is 0 Å². The maximum atomic E-state index is 13.5. The van der Waals surface area contributed by atoms with Crippen molar-refractivity contribution in [3.8, 4) is 5.69 Å². The first-order valence-electron chi connectivity index (χ1n) is 9.97. The molecule has 2 aromatic carbocycles. The van der Waals surface area contributed by atoms with Crippen LogP contribution in [0.3, 0.4) is 0 Å². The summed E-state index contributed by atoms with van der Waals surface area (Å²) in [5.74, 6) is 1.95. The van der Waals surface area contributed by atoms with Gasteiger partial charge in [0.05, 0.1) is 22.3 Å². The summed E-state index contributed by atoms with van der Waals surface area (Å²) in [6.45, 7) is 7.88. The number of nitrogens with zero attached hydrogens (tertiary/aromatic N) is 5. The predicted octanol–water partition coefficient (Wildman–Crippen LogP) is 4.55. The van der Waals surface area contributed by atoms with Crippen LogP contribution in [-0.2, 0) is 5.75 Å². The maximum absolute atomic E-state index is 13.5. The highest BCUT2D eigenvalue weighted by molar-refractivity contribution is 7.98. The number of para-hydroxylation sites is 1. The normalized spacial score (nSPS) is 11.6. The molecule has 0 radical (unpaired) electrons. The smallest absolute Gasteiger partial charge is 0.267 e. The van der Waals surface area contributed by atoms with Crippen LogP contribution in [0.2, 0.25) is 0 Å². The molecule has 3 heterocycles. The van der Waals surface area contributed by atoms with Gasteiger partial charge in [0.15, 0.2) is 5.16 Å². The maximum Gasteiger partial charge on any atom is 0.267 e. The zero-order valence-electron chi connectivity index (χ0n) is 17.7. The van der Waals surface area contributed by atoms with E-state index in [2.05, 4.69) is 21.4 Å². The average Bonchev–Trinajstić information content (AvgIpc) is 3.31. The molecule has 0 saturated carbocycles. The molecule has 0 unspecified atom stereocenters. The fourth-order valence-electron chi connectivity index (χ4n) is 3.89. The molecule has 5 aromatic rings. The summed E-state index contributed by atoms with van der Waals surface area (Å²) in [7, 11) is 0. The summed E-state index contributed by atoms with van der Waals surface area (Å²) >= 11 is 1.55. The van der Waals surface area contributed by atoms with Gasteiger partial charge in [-0.2, -0.15) is 0 Å². The Hall–Kier alpha value is -3.39. The van der Waals surface area contributed by atoms with Crippen LogP contribution in [0.4, 0.5) is 0 Å².